The molecule has 1 fully saturated rings. The Labute approximate surface area is 133 Å². The highest BCUT2D eigenvalue weighted by Gasteiger charge is 2.38. The summed E-state index contributed by atoms with van der Waals surface area (Å²) in [6.07, 6.45) is 5.57. The predicted octanol–water partition coefficient (Wildman–Crippen LogP) is 2.25. The third-order valence-corrected chi connectivity index (χ3v) is 4.09. The number of aromatic nitrogens is 1. The van der Waals surface area contributed by atoms with Crippen molar-refractivity contribution < 1.29 is 9.59 Å². The number of amides is 2. The van der Waals surface area contributed by atoms with Gasteiger partial charge in [0.1, 0.15) is 12.1 Å². The monoisotopic (exact) mass is 353 g/mol. The van der Waals surface area contributed by atoms with Crippen LogP contribution >= 0.6 is 15.9 Å². The van der Waals surface area contributed by atoms with E-state index in [2.05, 4.69) is 26.2 Å². The lowest BCUT2D eigenvalue weighted by Crippen LogP contribution is -2.62. The first-order chi connectivity index (χ1) is 10.1. The third-order valence-electron chi connectivity index (χ3n) is 3.66. The second kappa shape index (κ2) is 7.02. The van der Waals surface area contributed by atoms with E-state index in [1.807, 2.05) is 19.9 Å². The van der Waals surface area contributed by atoms with Crippen molar-refractivity contribution in [3.05, 3.63) is 28.5 Å². The van der Waals surface area contributed by atoms with Gasteiger partial charge in [0.05, 0.1) is 0 Å². The van der Waals surface area contributed by atoms with E-state index in [9.17, 15) is 9.59 Å². The topological polar surface area (TPSA) is 62.3 Å². The molecule has 114 valence electrons. The lowest BCUT2D eigenvalue weighted by molar-refractivity contribution is -0.150. The number of rotatable bonds is 5. The zero-order valence-corrected chi connectivity index (χ0v) is 13.9. The van der Waals surface area contributed by atoms with Gasteiger partial charge in [-0.2, -0.15) is 0 Å². The number of pyridine rings is 1. The smallest absolute Gasteiger partial charge is 0.246 e. The fourth-order valence-corrected chi connectivity index (χ4v) is 3.05. The van der Waals surface area contributed by atoms with Crippen LogP contribution in [0.25, 0.3) is 0 Å². The van der Waals surface area contributed by atoms with Gasteiger partial charge in [0.25, 0.3) is 0 Å². The fraction of sp³-hybridized carbons (Fsp3) is 0.533. The van der Waals surface area contributed by atoms with Gasteiger partial charge >= 0.3 is 0 Å². The van der Waals surface area contributed by atoms with Crippen LogP contribution in [0.2, 0.25) is 0 Å². The number of hydrogen-bond acceptors (Lipinski definition) is 3. The molecule has 2 rings (SSSR count). The minimum absolute atomic E-state index is 0.00303. The minimum Gasteiger partial charge on any atom is -0.343 e. The van der Waals surface area contributed by atoms with Crippen LogP contribution in [0.15, 0.2) is 22.9 Å². The van der Waals surface area contributed by atoms with E-state index < -0.39 is 12.1 Å². The van der Waals surface area contributed by atoms with E-state index in [0.717, 1.165) is 16.5 Å². The summed E-state index contributed by atoms with van der Waals surface area (Å²) in [4.78, 5) is 30.6. The van der Waals surface area contributed by atoms with Crippen LogP contribution in [0.3, 0.4) is 0 Å². The molecular formula is C15H20BrN3O2. The van der Waals surface area contributed by atoms with Crippen LogP contribution < -0.4 is 5.32 Å². The van der Waals surface area contributed by atoms with Gasteiger partial charge in [0, 0.05) is 23.4 Å². The van der Waals surface area contributed by atoms with E-state index in [0.29, 0.717) is 19.4 Å². The molecule has 1 N–H and O–H groups in total. The lowest BCUT2D eigenvalue weighted by atomic mass is 10.0. The first-order valence-corrected chi connectivity index (χ1v) is 8.06. The summed E-state index contributed by atoms with van der Waals surface area (Å²) in [5.41, 5.74) is 0.918. The zero-order chi connectivity index (χ0) is 15.4. The fourth-order valence-electron chi connectivity index (χ4n) is 2.64. The second-order valence-corrected chi connectivity index (χ2v) is 6.17. The van der Waals surface area contributed by atoms with Gasteiger partial charge in [-0.1, -0.05) is 20.3 Å². The van der Waals surface area contributed by atoms with E-state index in [-0.39, 0.29) is 11.8 Å². The summed E-state index contributed by atoms with van der Waals surface area (Å²) in [5, 5.41) is 2.84. The summed E-state index contributed by atoms with van der Waals surface area (Å²) in [7, 11) is 0. The first kappa shape index (κ1) is 15.9. The van der Waals surface area contributed by atoms with Crippen LogP contribution in [0.1, 0.15) is 38.7 Å². The Morgan fingerprint density at radius 2 is 2.10 bits per heavy atom. The summed E-state index contributed by atoms with van der Waals surface area (Å²) >= 11 is 3.38. The number of hydrogen-bond donors (Lipinski definition) is 1. The van der Waals surface area contributed by atoms with Crippen molar-refractivity contribution in [3.63, 3.8) is 0 Å². The van der Waals surface area contributed by atoms with Crippen LogP contribution in [0, 0.1) is 0 Å². The Morgan fingerprint density at radius 1 is 1.33 bits per heavy atom. The van der Waals surface area contributed by atoms with E-state index in [4.69, 9.17) is 0 Å². The Bertz CT molecular complexity index is 535. The van der Waals surface area contributed by atoms with Crippen molar-refractivity contribution in [2.45, 2.75) is 51.7 Å². The molecule has 2 amide bonds. The maximum atomic E-state index is 12.6. The maximum Gasteiger partial charge on any atom is 0.246 e. The Hall–Kier alpha value is -1.43. The van der Waals surface area contributed by atoms with E-state index in [1.54, 1.807) is 17.3 Å². The van der Waals surface area contributed by atoms with Crippen LogP contribution in [0.4, 0.5) is 0 Å². The van der Waals surface area contributed by atoms with E-state index in [1.165, 1.54) is 0 Å². The van der Waals surface area contributed by atoms with Gasteiger partial charge in [0.2, 0.25) is 11.8 Å². The molecule has 1 saturated heterocycles. The maximum absolute atomic E-state index is 12.6. The quantitative estimate of drug-likeness (QED) is 0.882. The molecule has 0 aromatic carbocycles. The third kappa shape index (κ3) is 3.61. The summed E-state index contributed by atoms with van der Waals surface area (Å²) in [6.45, 7) is 4.34. The number of piperazine rings is 1. The first-order valence-electron chi connectivity index (χ1n) is 7.27. The number of nitrogens with one attached hydrogen (secondary N) is 1. The summed E-state index contributed by atoms with van der Waals surface area (Å²) < 4.78 is 0.868. The van der Waals surface area contributed by atoms with Crippen molar-refractivity contribution in [2.75, 3.05) is 0 Å². The molecule has 5 nitrogen and oxygen atoms in total. The highest BCUT2D eigenvalue weighted by atomic mass is 79.9. The Balaban J connectivity index is 2.23. The zero-order valence-electron chi connectivity index (χ0n) is 12.3. The normalized spacial score (nSPS) is 22.3. The average molecular weight is 354 g/mol. The summed E-state index contributed by atoms with van der Waals surface area (Å²) in [5.74, 6) is -0.0539. The molecule has 1 aliphatic rings. The molecule has 0 aliphatic carbocycles. The molecule has 6 heteroatoms. The minimum atomic E-state index is -0.399. The SMILES string of the molecule is CCCC1NC(=O)C(CC)N(Cc2cncc(Br)c2)C1=O. The molecule has 1 aromatic rings. The van der Waals surface area contributed by atoms with Crippen molar-refractivity contribution in [3.8, 4) is 0 Å². The van der Waals surface area contributed by atoms with Crippen LogP contribution in [-0.2, 0) is 16.1 Å². The van der Waals surface area contributed by atoms with Crippen molar-refractivity contribution in [1.82, 2.24) is 15.2 Å². The molecule has 2 heterocycles. The lowest BCUT2D eigenvalue weighted by Gasteiger charge is -2.38. The molecule has 0 bridgehead atoms. The molecule has 1 aromatic heterocycles. The van der Waals surface area contributed by atoms with Gasteiger partial charge in [-0.25, -0.2) is 0 Å². The van der Waals surface area contributed by atoms with Crippen molar-refractivity contribution in [1.29, 1.82) is 0 Å². The van der Waals surface area contributed by atoms with Crippen molar-refractivity contribution in [2.24, 2.45) is 0 Å². The number of carbonyl (C=O) groups is 2. The average Bonchev–Trinajstić information content (AvgIpc) is 2.45. The standard InChI is InChI=1S/C15H20BrN3O2/c1-3-5-12-15(21)19(13(4-2)14(20)18-12)9-10-6-11(16)8-17-7-10/h6-8,12-13H,3-5,9H2,1-2H3,(H,18,20). The van der Waals surface area contributed by atoms with Gasteiger partial charge in [0.15, 0.2) is 0 Å². The highest BCUT2D eigenvalue weighted by Crippen LogP contribution is 2.20. The number of halogens is 1. The van der Waals surface area contributed by atoms with Crippen LogP contribution in [0.5, 0.6) is 0 Å². The molecule has 2 unspecified atom stereocenters. The molecule has 21 heavy (non-hydrogen) atoms. The van der Waals surface area contributed by atoms with E-state index >= 15 is 0 Å². The van der Waals surface area contributed by atoms with Gasteiger partial charge < -0.3 is 10.2 Å². The molecule has 2 atom stereocenters. The van der Waals surface area contributed by atoms with Crippen molar-refractivity contribution >= 4 is 27.7 Å². The van der Waals surface area contributed by atoms with Crippen LogP contribution in [-0.4, -0.2) is 33.8 Å². The second-order valence-electron chi connectivity index (χ2n) is 5.25. The Morgan fingerprint density at radius 3 is 2.71 bits per heavy atom. The highest BCUT2D eigenvalue weighted by molar-refractivity contribution is 9.10. The molecule has 0 saturated carbocycles. The summed E-state index contributed by atoms with van der Waals surface area (Å²) in [6, 6.07) is 1.13. The Kier molecular flexibility index (Phi) is 5.33. The molecule has 0 spiro atoms. The van der Waals surface area contributed by atoms with Gasteiger partial charge in [-0.05, 0) is 40.4 Å². The number of nitrogens with zero attached hydrogens (tertiary/aromatic N) is 2. The number of carbonyl (C=O) groups excluding carboxylic acids is 2. The predicted molar refractivity (Wildman–Crippen MR) is 83.4 cm³/mol. The molecule has 0 radical (unpaired) electrons. The molecular weight excluding hydrogens is 334 g/mol. The van der Waals surface area contributed by atoms with Gasteiger partial charge in [-0.3, -0.25) is 14.6 Å². The largest absolute Gasteiger partial charge is 0.343 e. The molecule has 1 aliphatic heterocycles. The van der Waals surface area contributed by atoms with Gasteiger partial charge in [-0.15, -0.1) is 0 Å².